The van der Waals surface area contributed by atoms with Gasteiger partial charge in [-0.1, -0.05) is 0 Å². The van der Waals surface area contributed by atoms with Crippen LogP contribution in [0.15, 0.2) is 47.5 Å². The molecule has 0 saturated carbocycles. The zero-order valence-electron chi connectivity index (χ0n) is 17.0. The molecule has 0 bridgehead atoms. The Bertz CT molecular complexity index is 868. The van der Waals surface area contributed by atoms with Crippen LogP contribution in [-0.4, -0.2) is 11.0 Å². The van der Waals surface area contributed by atoms with E-state index in [4.69, 9.17) is 0 Å². The third-order valence-corrected chi connectivity index (χ3v) is 17.6. The van der Waals surface area contributed by atoms with Gasteiger partial charge in [0, 0.05) is 0 Å². The molecule has 0 saturated heterocycles. The Morgan fingerprint density at radius 2 is 1.00 bits per heavy atom. The minimum atomic E-state index is -2.56. The molecule has 4 heteroatoms. The molecule has 0 aliphatic heterocycles. The Labute approximate surface area is 192 Å². The summed E-state index contributed by atoms with van der Waals surface area (Å²) in [6.07, 6.45) is 4.94. The van der Waals surface area contributed by atoms with Gasteiger partial charge in [-0.25, -0.2) is 0 Å². The summed E-state index contributed by atoms with van der Waals surface area (Å²) in [5.41, 5.74) is 12.3. The SMILES string of the molecule is CC1=Cc2c(C)cccc2[CH]1[Zr+2]([CH3])([CH3])[CH]1C(C)=Cc2c(C)cccc21.[Cl-].[Cl-].[SiH4]. The van der Waals surface area contributed by atoms with Crippen molar-refractivity contribution in [3.05, 3.63) is 80.9 Å². The average molecular weight is 511 g/mol. The third-order valence-electron chi connectivity index (χ3n) is 6.48. The predicted octanol–water partition coefficient (Wildman–Crippen LogP) is -0.274. The summed E-state index contributed by atoms with van der Waals surface area (Å²) in [5, 5.41) is 0. The number of halogens is 2. The zero-order valence-corrected chi connectivity index (χ0v) is 21.0. The van der Waals surface area contributed by atoms with Crippen LogP contribution in [0.2, 0.25) is 9.26 Å². The number of benzene rings is 2. The summed E-state index contributed by atoms with van der Waals surface area (Å²) in [6, 6.07) is 13.8. The second-order valence-electron chi connectivity index (χ2n) is 8.62. The Balaban J connectivity index is 0.00000131. The molecule has 2 aliphatic rings. The van der Waals surface area contributed by atoms with Crippen LogP contribution in [-0.2, 0) is 20.3 Å². The van der Waals surface area contributed by atoms with E-state index in [2.05, 4.69) is 85.5 Å². The number of rotatable bonds is 2. The predicted molar refractivity (Wildman–Crippen MR) is 118 cm³/mol. The van der Waals surface area contributed by atoms with Crippen molar-refractivity contribution in [3.8, 4) is 0 Å². The topological polar surface area (TPSA) is 0 Å². The minimum absolute atomic E-state index is 0. The number of aryl methyl sites for hydroxylation is 2. The van der Waals surface area contributed by atoms with Crippen LogP contribution < -0.4 is 24.8 Å². The minimum Gasteiger partial charge on any atom is -1.00 e. The normalized spacial score (nSPS) is 18.8. The molecule has 28 heavy (non-hydrogen) atoms. The fourth-order valence-corrected chi connectivity index (χ4v) is 17.7. The first kappa shape index (κ1) is 25.6. The summed E-state index contributed by atoms with van der Waals surface area (Å²) in [4.78, 5) is 0. The van der Waals surface area contributed by atoms with Gasteiger partial charge in [0.2, 0.25) is 0 Å². The van der Waals surface area contributed by atoms with Crippen molar-refractivity contribution < 1.29 is 45.1 Å². The van der Waals surface area contributed by atoms with Crippen molar-refractivity contribution in [2.75, 3.05) is 0 Å². The van der Waals surface area contributed by atoms with Crippen LogP contribution >= 0.6 is 0 Å². The molecule has 0 spiro atoms. The van der Waals surface area contributed by atoms with Gasteiger partial charge in [0.05, 0.1) is 0 Å². The molecule has 0 nitrogen and oxygen atoms in total. The molecular weight excluding hydrogens is 478 g/mol. The van der Waals surface area contributed by atoms with Crippen molar-refractivity contribution in [2.45, 2.75) is 44.2 Å². The Hall–Kier alpha value is -0.400. The van der Waals surface area contributed by atoms with Crippen molar-refractivity contribution in [1.29, 1.82) is 0 Å². The largest absolute Gasteiger partial charge is 1.00 e. The quantitative estimate of drug-likeness (QED) is 0.488. The molecule has 0 N–H and O–H groups in total. The standard InChI is InChI=1S/2C11H11.2CH3.2ClH.H4Si.Zr/c2*1-8-6-10-5-3-4-9(2)11(10)7-8;;;;;;/h2*3-7H,1-2H3;2*1H3;2*1H;1H4;/q;;;;;;;+2/p-2. The molecule has 2 unspecified atom stereocenters. The maximum Gasteiger partial charge on any atom is -0.0149 e. The van der Waals surface area contributed by atoms with E-state index in [0.29, 0.717) is 7.25 Å². The first-order valence-electron chi connectivity index (χ1n) is 9.37. The molecule has 0 amide bonds. The van der Waals surface area contributed by atoms with Gasteiger partial charge >= 0.3 is 158 Å². The smallest absolute Gasteiger partial charge is 0.0149 e. The van der Waals surface area contributed by atoms with Crippen LogP contribution in [0.4, 0.5) is 0 Å². The molecule has 0 aromatic heterocycles. The molecule has 0 fully saturated rings. The molecule has 4 rings (SSSR count). The van der Waals surface area contributed by atoms with E-state index in [1.165, 1.54) is 22.3 Å². The Kier molecular flexibility index (Phi) is 8.40. The maximum atomic E-state index is 2.67. The van der Waals surface area contributed by atoms with Crippen molar-refractivity contribution in [1.82, 2.24) is 0 Å². The van der Waals surface area contributed by atoms with Crippen molar-refractivity contribution >= 4 is 23.1 Å². The monoisotopic (exact) mass is 508 g/mol. The van der Waals surface area contributed by atoms with Crippen LogP contribution in [0, 0.1) is 13.8 Å². The molecule has 2 atom stereocenters. The second-order valence-corrected chi connectivity index (χ2v) is 20.4. The van der Waals surface area contributed by atoms with Crippen LogP contribution in [0.25, 0.3) is 12.2 Å². The third kappa shape index (κ3) is 3.83. The molecule has 0 heterocycles. The van der Waals surface area contributed by atoms with Gasteiger partial charge in [-0.05, 0) is 11.0 Å². The summed E-state index contributed by atoms with van der Waals surface area (Å²) in [5.74, 6) is 0. The van der Waals surface area contributed by atoms with Gasteiger partial charge in [-0.2, -0.15) is 0 Å². The average Bonchev–Trinajstić information content (AvgIpc) is 3.06. The first-order chi connectivity index (χ1) is 11.8. The Morgan fingerprint density at radius 3 is 1.36 bits per heavy atom. The number of hydrogen-bond donors (Lipinski definition) is 0. The van der Waals surface area contributed by atoms with E-state index in [0.717, 1.165) is 0 Å². The molecule has 2 aromatic carbocycles. The summed E-state index contributed by atoms with van der Waals surface area (Å²) in [7, 11) is 0. The van der Waals surface area contributed by atoms with E-state index < -0.39 is 20.3 Å². The van der Waals surface area contributed by atoms with Gasteiger partial charge in [-0.15, -0.1) is 0 Å². The van der Waals surface area contributed by atoms with Crippen molar-refractivity contribution in [3.63, 3.8) is 0 Å². The van der Waals surface area contributed by atoms with Gasteiger partial charge in [-0.3, -0.25) is 0 Å². The summed E-state index contributed by atoms with van der Waals surface area (Å²) >= 11 is -2.56. The zero-order chi connectivity index (χ0) is 17.9. The molecule has 2 aliphatic carbocycles. The maximum absolute atomic E-state index is 2.67. The summed E-state index contributed by atoms with van der Waals surface area (Å²) in [6.45, 7) is 9.25. The van der Waals surface area contributed by atoms with E-state index in [1.807, 2.05) is 0 Å². The van der Waals surface area contributed by atoms with Gasteiger partial charge in [0.1, 0.15) is 0 Å². The first-order valence-corrected chi connectivity index (χ1v) is 17.1. The molecular formula is C24H32Cl2SiZr. The Morgan fingerprint density at radius 1 is 0.643 bits per heavy atom. The number of allylic oxidation sites excluding steroid dienone is 2. The number of hydrogen-bond acceptors (Lipinski definition) is 0. The summed E-state index contributed by atoms with van der Waals surface area (Å²) < 4.78 is 6.72. The fraction of sp³-hybridized carbons (Fsp3) is 0.333. The second kappa shape index (κ2) is 9.17. The van der Waals surface area contributed by atoms with Gasteiger partial charge in [0.25, 0.3) is 0 Å². The van der Waals surface area contributed by atoms with Crippen LogP contribution in [0.5, 0.6) is 0 Å². The molecule has 150 valence electrons. The molecule has 2 aromatic rings. The van der Waals surface area contributed by atoms with E-state index >= 15 is 0 Å². The van der Waals surface area contributed by atoms with Crippen molar-refractivity contribution in [2.24, 2.45) is 0 Å². The fourth-order valence-electron chi connectivity index (χ4n) is 5.56. The van der Waals surface area contributed by atoms with Gasteiger partial charge in [0.15, 0.2) is 0 Å². The van der Waals surface area contributed by atoms with Crippen LogP contribution in [0.3, 0.4) is 0 Å². The van der Waals surface area contributed by atoms with Crippen LogP contribution in [0.1, 0.15) is 54.5 Å². The number of fused-ring (bicyclic) bond motifs is 2. The van der Waals surface area contributed by atoms with E-state index in [1.54, 1.807) is 22.3 Å². The van der Waals surface area contributed by atoms with Gasteiger partial charge < -0.3 is 24.8 Å². The molecule has 0 radical (unpaired) electrons. The van der Waals surface area contributed by atoms with E-state index in [9.17, 15) is 0 Å². The van der Waals surface area contributed by atoms with E-state index in [-0.39, 0.29) is 35.8 Å².